The van der Waals surface area contributed by atoms with E-state index in [1.165, 1.54) is 5.56 Å². The van der Waals surface area contributed by atoms with Crippen molar-refractivity contribution in [1.82, 2.24) is 4.57 Å². The lowest BCUT2D eigenvalue weighted by molar-refractivity contribution is -0.138. The molecular formula is C14H15NO2. The first-order chi connectivity index (χ1) is 8.16. The molecule has 0 amide bonds. The van der Waals surface area contributed by atoms with E-state index in [2.05, 4.69) is 4.57 Å². The van der Waals surface area contributed by atoms with Crippen LogP contribution in [0.3, 0.4) is 0 Å². The quantitative estimate of drug-likeness (QED) is 0.875. The molecule has 0 spiro atoms. The zero-order chi connectivity index (χ0) is 12.3. The first-order valence-corrected chi connectivity index (χ1v) is 5.59. The SMILES string of the molecule is CC(C(=O)O)c1ccc(Cn2cccc2)cc1. The highest BCUT2D eigenvalue weighted by Gasteiger charge is 2.12. The molecule has 1 N–H and O–H groups in total. The van der Waals surface area contributed by atoms with Crippen LogP contribution in [-0.4, -0.2) is 15.6 Å². The number of aliphatic carboxylic acids is 1. The van der Waals surface area contributed by atoms with Gasteiger partial charge in [-0.3, -0.25) is 4.79 Å². The number of carboxylic acids is 1. The van der Waals surface area contributed by atoms with E-state index >= 15 is 0 Å². The van der Waals surface area contributed by atoms with Gasteiger partial charge in [-0.2, -0.15) is 0 Å². The highest BCUT2D eigenvalue weighted by molar-refractivity contribution is 5.75. The minimum Gasteiger partial charge on any atom is -0.481 e. The monoisotopic (exact) mass is 229 g/mol. The third-order valence-electron chi connectivity index (χ3n) is 2.88. The first kappa shape index (κ1) is 11.5. The summed E-state index contributed by atoms with van der Waals surface area (Å²) in [6.45, 7) is 2.51. The smallest absolute Gasteiger partial charge is 0.310 e. The third-order valence-corrected chi connectivity index (χ3v) is 2.88. The van der Waals surface area contributed by atoms with Crippen LogP contribution in [-0.2, 0) is 11.3 Å². The molecule has 0 aliphatic heterocycles. The molecular weight excluding hydrogens is 214 g/mol. The molecule has 2 rings (SSSR count). The molecule has 0 saturated heterocycles. The van der Waals surface area contributed by atoms with Crippen LogP contribution in [0.5, 0.6) is 0 Å². The Morgan fingerprint density at radius 1 is 1.24 bits per heavy atom. The maximum atomic E-state index is 10.8. The molecule has 1 aromatic carbocycles. The lowest BCUT2D eigenvalue weighted by atomic mass is 10.0. The minimum atomic E-state index is -0.789. The van der Waals surface area contributed by atoms with Gasteiger partial charge in [0.1, 0.15) is 0 Å². The third kappa shape index (κ3) is 2.75. The Balaban J connectivity index is 2.10. The molecule has 0 radical (unpaired) electrons. The molecule has 0 fully saturated rings. The van der Waals surface area contributed by atoms with Gasteiger partial charge >= 0.3 is 5.97 Å². The molecule has 1 aromatic heterocycles. The molecule has 3 nitrogen and oxygen atoms in total. The van der Waals surface area contributed by atoms with Gasteiger partial charge in [0.05, 0.1) is 5.92 Å². The maximum absolute atomic E-state index is 10.8. The largest absolute Gasteiger partial charge is 0.481 e. The molecule has 1 unspecified atom stereocenters. The molecule has 0 bridgehead atoms. The van der Waals surface area contributed by atoms with E-state index < -0.39 is 11.9 Å². The average molecular weight is 229 g/mol. The fourth-order valence-electron chi connectivity index (χ4n) is 1.74. The van der Waals surface area contributed by atoms with E-state index in [9.17, 15) is 4.79 Å². The van der Waals surface area contributed by atoms with Gasteiger partial charge in [0.2, 0.25) is 0 Å². The van der Waals surface area contributed by atoms with Crippen molar-refractivity contribution < 1.29 is 9.90 Å². The van der Waals surface area contributed by atoms with E-state index in [0.717, 1.165) is 12.1 Å². The van der Waals surface area contributed by atoms with Crippen LogP contribution in [0.25, 0.3) is 0 Å². The second-order valence-electron chi connectivity index (χ2n) is 4.16. The lowest BCUT2D eigenvalue weighted by Gasteiger charge is -2.08. The van der Waals surface area contributed by atoms with Crippen molar-refractivity contribution in [1.29, 1.82) is 0 Å². The summed E-state index contributed by atoms with van der Waals surface area (Å²) in [5.41, 5.74) is 2.01. The molecule has 0 saturated carbocycles. The highest BCUT2D eigenvalue weighted by atomic mass is 16.4. The van der Waals surface area contributed by atoms with Crippen molar-refractivity contribution >= 4 is 5.97 Å². The van der Waals surface area contributed by atoms with Gasteiger partial charge in [0.15, 0.2) is 0 Å². The molecule has 88 valence electrons. The van der Waals surface area contributed by atoms with Crippen LogP contribution in [0.15, 0.2) is 48.8 Å². The second-order valence-corrected chi connectivity index (χ2v) is 4.16. The second kappa shape index (κ2) is 4.87. The Kier molecular flexibility index (Phi) is 3.28. The predicted octanol–water partition coefficient (Wildman–Crippen LogP) is 2.72. The van der Waals surface area contributed by atoms with Gasteiger partial charge in [-0.05, 0) is 30.2 Å². The Morgan fingerprint density at radius 3 is 2.35 bits per heavy atom. The standard InChI is InChI=1S/C14H15NO2/c1-11(14(16)17)13-6-4-12(5-7-13)10-15-8-2-3-9-15/h2-9,11H,10H2,1H3,(H,16,17). The molecule has 17 heavy (non-hydrogen) atoms. The molecule has 2 aromatic rings. The molecule has 0 aliphatic carbocycles. The fraction of sp³-hybridized carbons (Fsp3) is 0.214. The van der Waals surface area contributed by atoms with Crippen LogP contribution in [0.1, 0.15) is 24.0 Å². The summed E-state index contributed by atoms with van der Waals surface area (Å²) >= 11 is 0. The zero-order valence-corrected chi connectivity index (χ0v) is 9.71. The Bertz CT molecular complexity index is 485. The molecule has 3 heteroatoms. The van der Waals surface area contributed by atoms with Crippen molar-refractivity contribution in [2.75, 3.05) is 0 Å². The van der Waals surface area contributed by atoms with E-state index in [1.54, 1.807) is 6.92 Å². The number of nitrogens with zero attached hydrogens (tertiary/aromatic N) is 1. The first-order valence-electron chi connectivity index (χ1n) is 5.59. The van der Waals surface area contributed by atoms with Gasteiger partial charge in [0, 0.05) is 18.9 Å². The topological polar surface area (TPSA) is 42.2 Å². The Morgan fingerprint density at radius 2 is 1.82 bits per heavy atom. The summed E-state index contributed by atoms with van der Waals surface area (Å²) in [4.78, 5) is 10.8. The fourth-order valence-corrected chi connectivity index (χ4v) is 1.74. The number of carbonyl (C=O) groups is 1. The molecule has 1 heterocycles. The van der Waals surface area contributed by atoms with Crippen LogP contribution in [0, 0.1) is 0 Å². The zero-order valence-electron chi connectivity index (χ0n) is 9.71. The summed E-state index contributed by atoms with van der Waals surface area (Å²) < 4.78 is 2.08. The summed E-state index contributed by atoms with van der Waals surface area (Å²) in [6.07, 6.45) is 4.02. The van der Waals surface area contributed by atoms with E-state index in [-0.39, 0.29) is 0 Å². The maximum Gasteiger partial charge on any atom is 0.310 e. The highest BCUT2D eigenvalue weighted by Crippen LogP contribution is 2.16. The summed E-state index contributed by atoms with van der Waals surface area (Å²) in [7, 11) is 0. The normalized spacial score (nSPS) is 12.3. The molecule has 0 aliphatic rings. The number of carboxylic acid groups (broad SMARTS) is 1. The average Bonchev–Trinajstić information content (AvgIpc) is 2.82. The van der Waals surface area contributed by atoms with Gasteiger partial charge in [-0.15, -0.1) is 0 Å². The van der Waals surface area contributed by atoms with Gasteiger partial charge in [0.25, 0.3) is 0 Å². The Hall–Kier alpha value is -2.03. The van der Waals surface area contributed by atoms with Crippen molar-refractivity contribution in [3.63, 3.8) is 0 Å². The van der Waals surface area contributed by atoms with Crippen molar-refractivity contribution in [3.8, 4) is 0 Å². The van der Waals surface area contributed by atoms with E-state index in [1.807, 2.05) is 48.8 Å². The van der Waals surface area contributed by atoms with Crippen LogP contribution >= 0.6 is 0 Å². The van der Waals surface area contributed by atoms with Gasteiger partial charge in [-0.25, -0.2) is 0 Å². The van der Waals surface area contributed by atoms with Gasteiger partial charge < -0.3 is 9.67 Å². The molecule has 1 atom stereocenters. The van der Waals surface area contributed by atoms with Crippen LogP contribution in [0.2, 0.25) is 0 Å². The number of benzene rings is 1. The summed E-state index contributed by atoms with van der Waals surface area (Å²) in [5.74, 6) is -1.24. The lowest BCUT2D eigenvalue weighted by Crippen LogP contribution is -2.07. The van der Waals surface area contributed by atoms with Crippen molar-refractivity contribution in [2.24, 2.45) is 0 Å². The van der Waals surface area contributed by atoms with E-state index in [4.69, 9.17) is 5.11 Å². The number of hydrogen-bond donors (Lipinski definition) is 1. The predicted molar refractivity (Wildman–Crippen MR) is 66.0 cm³/mol. The van der Waals surface area contributed by atoms with Crippen molar-refractivity contribution in [3.05, 3.63) is 59.9 Å². The number of aromatic nitrogens is 1. The van der Waals surface area contributed by atoms with E-state index in [0.29, 0.717) is 0 Å². The minimum absolute atomic E-state index is 0.448. The number of rotatable bonds is 4. The van der Waals surface area contributed by atoms with Crippen LogP contribution in [0.4, 0.5) is 0 Å². The number of hydrogen-bond acceptors (Lipinski definition) is 1. The van der Waals surface area contributed by atoms with Crippen molar-refractivity contribution in [2.45, 2.75) is 19.4 Å². The Labute approximate surface area is 100 Å². The summed E-state index contributed by atoms with van der Waals surface area (Å²) in [6, 6.07) is 11.7. The van der Waals surface area contributed by atoms with Crippen LogP contribution < -0.4 is 0 Å². The summed E-state index contributed by atoms with van der Waals surface area (Å²) in [5, 5.41) is 8.91. The van der Waals surface area contributed by atoms with Gasteiger partial charge in [-0.1, -0.05) is 24.3 Å².